The zero-order valence-electron chi connectivity index (χ0n) is 8.85. The van der Waals surface area contributed by atoms with Crippen molar-refractivity contribution >= 4 is 27.2 Å². The number of benzene rings is 1. The van der Waals surface area contributed by atoms with E-state index in [1.807, 2.05) is 6.07 Å². The molecule has 2 aromatic rings. The first-order valence-corrected chi connectivity index (χ1v) is 5.55. The summed E-state index contributed by atoms with van der Waals surface area (Å²) in [5, 5.41) is 24.6. The summed E-state index contributed by atoms with van der Waals surface area (Å²) in [5.74, 6) is -0.228. The number of halogens is 2. The SMILES string of the molecule is N#CC(=CNc1ccc(Br)c(F)c1)c1nn[nH]n1. The normalized spacial score (nSPS) is 11.1. The molecule has 18 heavy (non-hydrogen) atoms. The Morgan fingerprint density at radius 3 is 3.00 bits per heavy atom. The molecule has 0 unspecified atom stereocenters. The van der Waals surface area contributed by atoms with Crippen molar-refractivity contribution in [3.63, 3.8) is 0 Å². The molecular formula is C10H6BrFN6. The summed E-state index contributed by atoms with van der Waals surface area (Å²) in [6.45, 7) is 0. The molecule has 0 saturated heterocycles. The monoisotopic (exact) mass is 308 g/mol. The Balaban J connectivity index is 2.19. The smallest absolute Gasteiger partial charge is 0.216 e. The van der Waals surface area contributed by atoms with Gasteiger partial charge in [0, 0.05) is 11.9 Å². The van der Waals surface area contributed by atoms with E-state index in [0.29, 0.717) is 10.2 Å². The molecule has 0 radical (unpaired) electrons. The summed E-state index contributed by atoms with van der Waals surface area (Å²) in [7, 11) is 0. The van der Waals surface area contributed by atoms with Crippen molar-refractivity contribution in [1.29, 1.82) is 5.26 Å². The number of aromatic amines is 1. The second kappa shape index (κ2) is 5.37. The number of nitrogens with zero attached hydrogens (tertiary/aromatic N) is 4. The molecule has 8 heteroatoms. The Bertz CT molecular complexity index is 616. The number of hydrogen-bond donors (Lipinski definition) is 2. The number of allylic oxidation sites excluding steroid dienone is 1. The lowest BCUT2D eigenvalue weighted by Gasteiger charge is -2.02. The van der Waals surface area contributed by atoms with Crippen molar-refractivity contribution in [2.24, 2.45) is 0 Å². The topological polar surface area (TPSA) is 90.3 Å². The van der Waals surface area contributed by atoms with Crippen LogP contribution in [0.15, 0.2) is 28.9 Å². The molecule has 0 amide bonds. The van der Waals surface area contributed by atoms with Crippen LogP contribution in [0.4, 0.5) is 10.1 Å². The van der Waals surface area contributed by atoms with E-state index < -0.39 is 5.82 Å². The lowest BCUT2D eigenvalue weighted by atomic mass is 10.3. The third-order valence-electron chi connectivity index (χ3n) is 2.01. The number of nitriles is 1. The fourth-order valence-electron chi connectivity index (χ4n) is 1.16. The van der Waals surface area contributed by atoms with Gasteiger partial charge in [0.15, 0.2) is 0 Å². The molecule has 0 aliphatic rings. The standard InChI is InChI=1S/C10H6BrFN6/c11-8-2-1-7(3-9(8)12)14-5-6(4-13)10-15-17-18-16-10/h1-3,5,14H,(H,15,16,17,18). The van der Waals surface area contributed by atoms with Gasteiger partial charge < -0.3 is 5.32 Å². The van der Waals surface area contributed by atoms with Crippen molar-refractivity contribution in [1.82, 2.24) is 20.6 Å². The van der Waals surface area contributed by atoms with Gasteiger partial charge >= 0.3 is 0 Å². The predicted octanol–water partition coefficient (Wildman–Crippen LogP) is 2.08. The lowest BCUT2D eigenvalue weighted by molar-refractivity contribution is 0.622. The molecule has 0 atom stereocenters. The number of hydrogen-bond acceptors (Lipinski definition) is 5. The fraction of sp³-hybridized carbons (Fsp3) is 0. The van der Waals surface area contributed by atoms with Crippen molar-refractivity contribution < 1.29 is 4.39 Å². The van der Waals surface area contributed by atoms with E-state index in [1.165, 1.54) is 12.3 Å². The zero-order valence-corrected chi connectivity index (χ0v) is 10.4. The second-order valence-electron chi connectivity index (χ2n) is 3.18. The highest BCUT2D eigenvalue weighted by molar-refractivity contribution is 9.10. The summed E-state index contributed by atoms with van der Waals surface area (Å²) in [4.78, 5) is 0. The van der Waals surface area contributed by atoms with Gasteiger partial charge in [0.05, 0.1) is 4.47 Å². The minimum Gasteiger partial charge on any atom is -0.360 e. The molecular weight excluding hydrogens is 303 g/mol. The van der Waals surface area contributed by atoms with Crippen LogP contribution < -0.4 is 5.32 Å². The molecule has 1 aromatic carbocycles. The molecule has 6 nitrogen and oxygen atoms in total. The molecule has 1 heterocycles. The zero-order chi connectivity index (χ0) is 13.0. The van der Waals surface area contributed by atoms with E-state index in [9.17, 15) is 4.39 Å². The summed E-state index contributed by atoms with van der Waals surface area (Å²) in [6, 6.07) is 6.43. The van der Waals surface area contributed by atoms with Gasteiger partial charge in [-0.3, -0.25) is 0 Å². The number of nitrogens with one attached hydrogen (secondary N) is 2. The van der Waals surface area contributed by atoms with Gasteiger partial charge in [-0.05, 0) is 39.3 Å². The van der Waals surface area contributed by atoms with Crippen LogP contribution in [0.5, 0.6) is 0 Å². The molecule has 0 bridgehead atoms. The van der Waals surface area contributed by atoms with Gasteiger partial charge in [0.25, 0.3) is 0 Å². The predicted molar refractivity (Wildman–Crippen MR) is 65.5 cm³/mol. The molecule has 2 N–H and O–H groups in total. The molecule has 0 aliphatic carbocycles. The first kappa shape index (κ1) is 12.2. The van der Waals surface area contributed by atoms with E-state index in [0.717, 1.165) is 0 Å². The highest BCUT2D eigenvalue weighted by Crippen LogP contribution is 2.19. The van der Waals surface area contributed by atoms with Crippen LogP contribution in [-0.2, 0) is 0 Å². The molecule has 0 aliphatic heterocycles. The highest BCUT2D eigenvalue weighted by Gasteiger charge is 2.05. The van der Waals surface area contributed by atoms with Crippen molar-refractivity contribution in [3.05, 3.63) is 40.5 Å². The Labute approximate surface area is 110 Å². The Kier molecular flexibility index (Phi) is 3.64. The van der Waals surface area contributed by atoms with Gasteiger partial charge in [-0.15, -0.1) is 10.2 Å². The molecule has 1 aromatic heterocycles. The first-order chi connectivity index (χ1) is 8.70. The van der Waals surface area contributed by atoms with Crippen LogP contribution in [0, 0.1) is 17.1 Å². The van der Waals surface area contributed by atoms with Gasteiger partial charge in [-0.2, -0.15) is 10.5 Å². The van der Waals surface area contributed by atoms with Crippen molar-refractivity contribution in [2.45, 2.75) is 0 Å². The Hall–Kier alpha value is -2.27. The number of tetrazole rings is 1. The van der Waals surface area contributed by atoms with E-state index in [2.05, 4.69) is 41.9 Å². The minimum absolute atomic E-state index is 0.169. The average Bonchev–Trinajstić information content (AvgIpc) is 2.88. The molecule has 2 rings (SSSR count). The van der Waals surface area contributed by atoms with E-state index >= 15 is 0 Å². The van der Waals surface area contributed by atoms with Gasteiger partial charge in [0.1, 0.15) is 17.5 Å². The lowest BCUT2D eigenvalue weighted by Crippen LogP contribution is -1.93. The van der Waals surface area contributed by atoms with Crippen LogP contribution in [0.1, 0.15) is 5.82 Å². The van der Waals surface area contributed by atoms with Crippen molar-refractivity contribution in [3.8, 4) is 6.07 Å². The minimum atomic E-state index is -0.397. The molecule has 90 valence electrons. The third-order valence-corrected chi connectivity index (χ3v) is 2.65. The summed E-state index contributed by atoms with van der Waals surface area (Å²) < 4.78 is 13.6. The highest BCUT2D eigenvalue weighted by atomic mass is 79.9. The maximum Gasteiger partial charge on any atom is 0.216 e. The first-order valence-electron chi connectivity index (χ1n) is 4.76. The number of rotatable bonds is 3. The Morgan fingerprint density at radius 1 is 1.56 bits per heavy atom. The van der Waals surface area contributed by atoms with Crippen LogP contribution in [0.25, 0.3) is 5.57 Å². The van der Waals surface area contributed by atoms with E-state index in [-0.39, 0.29) is 11.4 Å². The molecule has 0 fully saturated rings. The fourth-order valence-corrected chi connectivity index (χ4v) is 1.41. The van der Waals surface area contributed by atoms with Crippen LogP contribution in [0.3, 0.4) is 0 Å². The van der Waals surface area contributed by atoms with Crippen LogP contribution in [0.2, 0.25) is 0 Å². The van der Waals surface area contributed by atoms with E-state index in [4.69, 9.17) is 5.26 Å². The summed E-state index contributed by atoms with van der Waals surface area (Å²) in [5.41, 5.74) is 0.694. The van der Waals surface area contributed by atoms with Crippen molar-refractivity contribution in [2.75, 3.05) is 5.32 Å². The summed E-state index contributed by atoms with van der Waals surface area (Å²) >= 11 is 3.05. The number of aromatic nitrogens is 4. The number of anilines is 1. The van der Waals surface area contributed by atoms with Crippen LogP contribution in [-0.4, -0.2) is 20.6 Å². The maximum atomic E-state index is 13.2. The second-order valence-corrected chi connectivity index (χ2v) is 4.03. The molecule has 0 spiro atoms. The van der Waals surface area contributed by atoms with Gasteiger partial charge in [-0.1, -0.05) is 0 Å². The molecule has 0 saturated carbocycles. The number of H-pyrrole nitrogens is 1. The largest absolute Gasteiger partial charge is 0.360 e. The third kappa shape index (κ3) is 2.70. The quantitative estimate of drug-likeness (QED) is 0.847. The maximum absolute atomic E-state index is 13.2. The van der Waals surface area contributed by atoms with Crippen LogP contribution >= 0.6 is 15.9 Å². The summed E-state index contributed by atoms with van der Waals surface area (Å²) in [6.07, 6.45) is 1.38. The van der Waals surface area contributed by atoms with E-state index in [1.54, 1.807) is 12.1 Å². The van der Waals surface area contributed by atoms with Gasteiger partial charge in [0.2, 0.25) is 5.82 Å². The average molecular weight is 309 g/mol. The Morgan fingerprint density at radius 2 is 2.39 bits per heavy atom. The van der Waals surface area contributed by atoms with Gasteiger partial charge in [-0.25, -0.2) is 4.39 Å².